The zero-order valence-electron chi connectivity index (χ0n) is 14.1. The zero-order valence-corrected chi connectivity index (χ0v) is 14.1. The fraction of sp³-hybridized carbons (Fsp3) is 0.632. The molecule has 2 aromatic rings. The minimum Gasteiger partial charge on any atom is -0.339 e. The molecule has 0 spiro atoms. The fourth-order valence-electron chi connectivity index (χ4n) is 3.57. The average molecular weight is 313 g/mol. The number of unbranched alkanes of at least 4 members (excludes halogenated alkanes) is 2. The molecule has 2 heterocycles. The van der Waals surface area contributed by atoms with Gasteiger partial charge in [0.05, 0.1) is 0 Å². The highest BCUT2D eigenvalue weighted by atomic mass is 16.5. The smallest absolute Gasteiger partial charge is 0.229 e. The highest BCUT2D eigenvalue weighted by Crippen LogP contribution is 2.37. The minimum atomic E-state index is 0.465. The van der Waals surface area contributed by atoms with Crippen molar-refractivity contribution in [2.75, 3.05) is 0 Å². The van der Waals surface area contributed by atoms with Crippen LogP contribution in [0.5, 0.6) is 0 Å². The van der Waals surface area contributed by atoms with Crippen LogP contribution in [0.4, 0.5) is 0 Å². The van der Waals surface area contributed by atoms with Crippen LogP contribution in [0.3, 0.4) is 0 Å². The summed E-state index contributed by atoms with van der Waals surface area (Å²) in [6, 6.07) is 3.99. The van der Waals surface area contributed by atoms with Crippen molar-refractivity contribution in [2.45, 2.75) is 70.6 Å². The van der Waals surface area contributed by atoms with E-state index in [1.165, 1.54) is 51.4 Å². The monoisotopic (exact) mass is 313 g/mol. The van der Waals surface area contributed by atoms with E-state index in [0.717, 1.165) is 23.2 Å². The van der Waals surface area contributed by atoms with Gasteiger partial charge in [0.1, 0.15) is 0 Å². The van der Waals surface area contributed by atoms with Gasteiger partial charge in [-0.25, -0.2) is 0 Å². The van der Waals surface area contributed by atoms with E-state index in [0.29, 0.717) is 12.3 Å². The molecule has 1 saturated carbocycles. The predicted octanol–water partition coefficient (Wildman–Crippen LogP) is 4.91. The number of hydrogen-bond acceptors (Lipinski definition) is 4. The molecule has 4 nitrogen and oxygen atoms in total. The van der Waals surface area contributed by atoms with E-state index in [9.17, 15) is 0 Å². The van der Waals surface area contributed by atoms with E-state index >= 15 is 0 Å². The lowest BCUT2D eigenvalue weighted by molar-refractivity contribution is 0.259. The van der Waals surface area contributed by atoms with Crippen molar-refractivity contribution in [1.82, 2.24) is 15.1 Å². The Bertz CT molecular complexity index is 573. The van der Waals surface area contributed by atoms with Gasteiger partial charge in [0.15, 0.2) is 5.82 Å². The molecule has 1 aliphatic rings. The Morgan fingerprint density at radius 1 is 1.17 bits per heavy atom. The molecule has 1 aliphatic carbocycles. The van der Waals surface area contributed by atoms with Crippen LogP contribution in [0.15, 0.2) is 29.0 Å². The van der Waals surface area contributed by atoms with Gasteiger partial charge in [0.2, 0.25) is 5.89 Å². The number of aromatic nitrogens is 3. The molecule has 23 heavy (non-hydrogen) atoms. The maximum atomic E-state index is 5.53. The predicted molar refractivity (Wildman–Crippen MR) is 90.2 cm³/mol. The normalized spacial score (nSPS) is 21.4. The molecule has 0 bridgehead atoms. The van der Waals surface area contributed by atoms with E-state index < -0.39 is 0 Å². The largest absolute Gasteiger partial charge is 0.339 e. The molecule has 0 amide bonds. The van der Waals surface area contributed by atoms with Crippen LogP contribution in [-0.4, -0.2) is 15.1 Å². The van der Waals surface area contributed by atoms with Gasteiger partial charge in [0.25, 0.3) is 0 Å². The van der Waals surface area contributed by atoms with Crippen LogP contribution in [0.25, 0.3) is 0 Å². The van der Waals surface area contributed by atoms with Crippen LogP contribution < -0.4 is 0 Å². The number of nitrogens with zero attached hydrogens (tertiary/aromatic N) is 3. The van der Waals surface area contributed by atoms with Gasteiger partial charge in [-0.2, -0.15) is 4.98 Å². The lowest BCUT2D eigenvalue weighted by Gasteiger charge is -2.26. The highest BCUT2D eigenvalue weighted by molar-refractivity contribution is 5.14. The maximum Gasteiger partial charge on any atom is 0.229 e. The lowest BCUT2D eigenvalue weighted by atomic mass is 9.79. The number of rotatable bonds is 7. The summed E-state index contributed by atoms with van der Waals surface area (Å²) < 4.78 is 5.53. The summed E-state index contributed by atoms with van der Waals surface area (Å²) >= 11 is 0. The average Bonchev–Trinajstić information content (AvgIpc) is 3.05. The van der Waals surface area contributed by atoms with Crippen molar-refractivity contribution in [1.29, 1.82) is 0 Å². The Labute approximate surface area is 138 Å². The standard InChI is InChI=1S/C19H27N3O/c1-2-3-4-6-15-8-10-17(11-9-15)19-21-18(22-23-19)13-16-7-5-12-20-14-16/h5,7,12,14-15,17H,2-4,6,8-11,13H2,1H3. The maximum absolute atomic E-state index is 5.53. The second kappa shape index (κ2) is 8.23. The van der Waals surface area contributed by atoms with Crippen LogP contribution in [0, 0.1) is 5.92 Å². The molecule has 3 rings (SSSR count). The number of pyridine rings is 1. The third-order valence-corrected chi connectivity index (χ3v) is 4.98. The summed E-state index contributed by atoms with van der Waals surface area (Å²) in [5.41, 5.74) is 1.12. The first-order valence-electron chi connectivity index (χ1n) is 9.06. The van der Waals surface area contributed by atoms with Gasteiger partial charge in [-0.3, -0.25) is 4.98 Å². The topological polar surface area (TPSA) is 51.8 Å². The van der Waals surface area contributed by atoms with E-state index in [4.69, 9.17) is 4.52 Å². The summed E-state index contributed by atoms with van der Waals surface area (Å²) in [4.78, 5) is 8.75. The van der Waals surface area contributed by atoms with Gasteiger partial charge in [-0.05, 0) is 43.2 Å². The molecular formula is C19H27N3O. The molecule has 4 heteroatoms. The second-order valence-corrected chi connectivity index (χ2v) is 6.80. The minimum absolute atomic E-state index is 0.465. The quantitative estimate of drug-likeness (QED) is 0.681. The molecular weight excluding hydrogens is 286 g/mol. The van der Waals surface area contributed by atoms with E-state index in [1.807, 2.05) is 18.3 Å². The van der Waals surface area contributed by atoms with Crippen LogP contribution >= 0.6 is 0 Å². The van der Waals surface area contributed by atoms with Crippen molar-refractivity contribution in [3.63, 3.8) is 0 Å². The van der Waals surface area contributed by atoms with Crippen molar-refractivity contribution in [3.8, 4) is 0 Å². The molecule has 0 atom stereocenters. The molecule has 1 fully saturated rings. The van der Waals surface area contributed by atoms with Crippen LogP contribution in [0.2, 0.25) is 0 Å². The Morgan fingerprint density at radius 2 is 2.04 bits per heavy atom. The number of hydrogen-bond donors (Lipinski definition) is 0. The first kappa shape index (κ1) is 16.2. The van der Waals surface area contributed by atoms with Crippen molar-refractivity contribution < 1.29 is 4.52 Å². The molecule has 0 radical (unpaired) electrons. The Hall–Kier alpha value is -1.71. The Balaban J connectivity index is 1.49. The van der Waals surface area contributed by atoms with E-state index in [2.05, 4.69) is 22.0 Å². The van der Waals surface area contributed by atoms with E-state index in [1.54, 1.807) is 6.20 Å². The summed E-state index contributed by atoms with van der Waals surface area (Å²) in [7, 11) is 0. The van der Waals surface area contributed by atoms with Gasteiger partial charge >= 0.3 is 0 Å². The van der Waals surface area contributed by atoms with Gasteiger partial charge in [0, 0.05) is 24.7 Å². The third-order valence-electron chi connectivity index (χ3n) is 4.98. The Kier molecular flexibility index (Phi) is 5.78. The first-order valence-corrected chi connectivity index (χ1v) is 9.06. The van der Waals surface area contributed by atoms with Crippen molar-refractivity contribution in [2.24, 2.45) is 5.92 Å². The molecule has 0 N–H and O–H groups in total. The second-order valence-electron chi connectivity index (χ2n) is 6.80. The van der Waals surface area contributed by atoms with Gasteiger partial charge in [-0.1, -0.05) is 43.8 Å². The first-order chi connectivity index (χ1) is 11.3. The summed E-state index contributed by atoms with van der Waals surface area (Å²) in [6.07, 6.45) is 14.8. The summed E-state index contributed by atoms with van der Waals surface area (Å²) in [5, 5.41) is 4.15. The van der Waals surface area contributed by atoms with Gasteiger partial charge in [-0.15, -0.1) is 0 Å². The summed E-state index contributed by atoms with van der Waals surface area (Å²) in [5.74, 6) is 3.00. The molecule has 0 aliphatic heterocycles. The molecule has 0 unspecified atom stereocenters. The molecule has 0 aromatic carbocycles. The van der Waals surface area contributed by atoms with Crippen molar-refractivity contribution in [3.05, 3.63) is 41.8 Å². The van der Waals surface area contributed by atoms with E-state index in [-0.39, 0.29) is 0 Å². The SMILES string of the molecule is CCCCCC1CCC(c2nc(Cc3cccnc3)no2)CC1. The molecule has 2 aromatic heterocycles. The zero-order chi connectivity index (χ0) is 15.9. The van der Waals surface area contributed by atoms with Gasteiger partial charge < -0.3 is 4.52 Å². The summed E-state index contributed by atoms with van der Waals surface area (Å²) in [6.45, 7) is 2.27. The van der Waals surface area contributed by atoms with Crippen LogP contribution in [-0.2, 0) is 6.42 Å². The van der Waals surface area contributed by atoms with Crippen molar-refractivity contribution >= 4 is 0 Å². The van der Waals surface area contributed by atoms with Crippen LogP contribution in [0.1, 0.15) is 81.5 Å². The fourth-order valence-corrected chi connectivity index (χ4v) is 3.57. The molecule has 124 valence electrons. The highest BCUT2D eigenvalue weighted by Gasteiger charge is 2.26. The molecule has 0 saturated heterocycles. The Morgan fingerprint density at radius 3 is 2.78 bits per heavy atom. The lowest BCUT2D eigenvalue weighted by Crippen LogP contribution is -2.13. The third kappa shape index (κ3) is 4.63.